The molecule has 3 rings (SSSR count). The Morgan fingerprint density at radius 2 is 1.50 bits per heavy atom. The molecule has 0 unspecified atom stereocenters. The van der Waals surface area contributed by atoms with Gasteiger partial charge in [-0.05, 0) is 35.7 Å². The third-order valence-corrected chi connectivity index (χ3v) is 5.06. The minimum absolute atomic E-state index is 0.131. The van der Waals surface area contributed by atoms with E-state index in [1.165, 1.54) is 10.8 Å². The van der Waals surface area contributed by atoms with Crippen LogP contribution in [0.1, 0.15) is 31.1 Å². The molecule has 0 bridgehead atoms. The maximum Gasteiger partial charge on any atom is 0.430 e. The minimum Gasteiger partial charge on any atom is -0.542 e. The van der Waals surface area contributed by atoms with Gasteiger partial charge in [0.15, 0.2) is 11.7 Å². The lowest BCUT2D eigenvalue weighted by Gasteiger charge is -2.05. The molecule has 3 aromatic rings. The van der Waals surface area contributed by atoms with Gasteiger partial charge >= 0.3 is 24.2 Å². The summed E-state index contributed by atoms with van der Waals surface area (Å²) in [5, 5.41) is 25.4. The number of aromatic amines is 2. The maximum absolute atomic E-state index is 11.1. The van der Waals surface area contributed by atoms with Crippen LogP contribution in [-0.2, 0) is 9.59 Å². The first-order valence-corrected chi connectivity index (χ1v) is 11.5. The molecule has 40 heavy (non-hydrogen) atoms. The zero-order chi connectivity index (χ0) is 30.5. The van der Waals surface area contributed by atoms with Crippen LogP contribution < -0.4 is 31.6 Å². The van der Waals surface area contributed by atoms with Crippen molar-refractivity contribution in [1.29, 1.82) is 0 Å². The summed E-state index contributed by atoms with van der Waals surface area (Å²) in [6.07, 6.45) is -5.47. The van der Waals surface area contributed by atoms with Crippen molar-refractivity contribution in [2.75, 3.05) is 13.6 Å². The van der Waals surface area contributed by atoms with E-state index in [1.54, 1.807) is 7.05 Å². The van der Waals surface area contributed by atoms with Crippen molar-refractivity contribution in [3.05, 3.63) is 54.5 Å². The molecule has 0 radical (unpaired) electrons. The van der Waals surface area contributed by atoms with Crippen molar-refractivity contribution < 1.29 is 61.7 Å². The van der Waals surface area contributed by atoms with Gasteiger partial charge < -0.3 is 36.2 Å². The number of carboxylic acids is 2. The summed E-state index contributed by atoms with van der Waals surface area (Å²) in [5.74, 6) is -4.98. The fraction of sp³-hybridized carbons (Fsp3) is 0.333. The monoisotopic (exact) mass is 579 g/mol. The molecule has 2 aromatic carbocycles. The number of carboxylic acid groups (broad SMARTS) is 2. The number of alkyl halides is 6. The normalized spacial score (nSPS) is 11.8. The molecule has 0 aliphatic rings. The number of aliphatic carboxylic acids is 2. The van der Waals surface area contributed by atoms with Gasteiger partial charge in [-0.25, -0.2) is 14.8 Å². The average Bonchev–Trinajstić information content (AvgIpc) is 3.38. The number of hydrogen-bond donors (Lipinski definition) is 4. The van der Waals surface area contributed by atoms with Crippen molar-refractivity contribution in [2.45, 2.75) is 37.7 Å². The molecule has 0 saturated carbocycles. The predicted octanol–water partition coefficient (Wildman–Crippen LogP) is 0.629. The predicted molar refractivity (Wildman–Crippen MR) is 124 cm³/mol. The summed E-state index contributed by atoms with van der Waals surface area (Å²) in [7, 11) is 1.62. The number of benzene rings is 2. The summed E-state index contributed by atoms with van der Waals surface area (Å²) in [6, 6.07) is 14.9. The second kappa shape index (κ2) is 15.3. The number of H-pyrrole nitrogens is 2. The second-order valence-electron chi connectivity index (χ2n) is 8.07. The Bertz CT molecular complexity index is 1240. The zero-order valence-electron chi connectivity index (χ0n) is 21.0. The molecule has 1 aromatic heterocycles. The first kappa shape index (κ1) is 33.7. The number of amides is 2. The van der Waals surface area contributed by atoms with Gasteiger partial charge in [0, 0.05) is 25.6 Å². The first-order valence-electron chi connectivity index (χ1n) is 11.5. The van der Waals surface area contributed by atoms with Gasteiger partial charge in [0.25, 0.3) is 0 Å². The van der Waals surface area contributed by atoms with Gasteiger partial charge in [-0.1, -0.05) is 30.3 Å². The Kier molecular flexibility index (Phi) is 12.9. The summed E-state index contributed by atoms with van der Waals surface area (Å²) in [4.78, 5) is 35.5. The van der Waals surface area contributed by atoms with Crippen LogP contribution in [0.15, 0.2) is 48.7 Å². The summed E-state index contributed by atoms with van der Waals surface area (Å²) in [6.45, 7) is 0.684. The smallest absolute Gasteiger partial charge is 0.430 e. The lowest BCUT2D eigenvalue weighted by Crippen LogP contribution is -2.55. The molecule has 0 aliphatic heterocycles. The molecule has 7 N–H and O–H groups in total. The molecule has 0 spiro atoms. The van der Waals surface area contributed by atoms with Crippen molar-refractivity contribution in [2.24, 2.45) is 0 Å². The molecule has 1 heterocycles. The quantitative estimate of drug-likeness (QED) is 0.236. The van der Waals surface area contributed by atoms with Crippen LogP contribution in [0.5, 0.6) is 0 Å². The number of nitrogens with one attached hydrogen (secondary N) is 4. The number of hydrogen-bond acceptors (Lipinski definition) is 5. The van der Waals surface area contributed by atoms with E-state index in [0.717, 1.165) is 36.3 Å². The number of quaternary nitrogens is 1. The van der Waals surface area contributed by atoms with Gasteiger partial charge in [0.05, 0.1) is 0 Å². The van der Waals surface area contributed by atoms with Crippen molar-refractivity contribution in [3.63, 3.8) is 0 Å². The zero-order valence-corrected chi connectivity index (χ0v) is 21.0. The van der Waals surface area contributed by atoms with Crippen LogP contribution in [0, 0.1) is 0 Å². The number of carbonyl (C=O) groups is 3. The number of carbonyl (C=O) groups excluding carboxylic acids is 3. The summed E-state index contributed by atoms with van der Waals surface area (Å²) >= 11 is 0. The number of fused-ring (bicyclic) bond motifs is 1. The third-order valence-electron chi connectivity index (χ3n) is 5.06. The SMILES string of the molecule is CNC(=O)NCCCC[C@H]([NH3+])c1[nH]c(-c2ccc3ccccc3c2)c[nH+]1.O=C([O-])C(F)(F)F.O=C([O-])C(F)(F)F. The fourth-order valence-corrected chi connectivity index (χ4v) is 3.05. The third kappa shape index (κ3) is 12.0. The minimum atomic E-state index is -5.19. The van der Waals surface area contributed by atoms with Gasteiger partial charge in [0.2, 0.25) is 0 Å². The molecule has 0 saturated heterocycles. The average molecular weight is 579 g/mol. The van der Waals surface area contributed by atoms with Crippen LogP contribution in [0.25, 0.3) is 22.0 Å². The van der Waals surface area contributed by atoms with Crippen molar-refractivity contribution in [1.82, 2.24) is 15.6 Å². The van der Waals surface area contributed by atoms with Crippen molar-refractivity contribution >= 4 is 28.7 Å². The molecule has 1 atom stereocenters. The van der Waals surface area contributed by atoms with E-state index in [4.69, 9.17) is 19.8 Å². The lowest BCUT2D eigenvalue weighted by molar-refractivity contribution is -0.486. The Morgan fingerprint density at radius 3 is 2.02 bits per heavy atom. The molecule has 0 fully saturated rings. The number of aromatic nitrogens is 2. The standard InChI is InChI=1S/C20H25N5O.2C2HF3O2/c1-22-20(26)23-11-5-4-8-17(21)19-24-13-18(25-19)16-10-9-14-6-2-3-7-15(14)12-16;2*3-2(4,5)1(6)7/h2-3,6-7,9-10,12-13,17H,4-5,8,11,21H2,1H3,(H,24,25)(H2,22,23,26);2*(H,6,7)/t17-;;/m0../s1. The Morgan fingerprint density at radius 1 is 0.950 bits per heavy atom. The van der Waals surface area contributed by atoms with Crippen LogP contribution in [0.4, 0.5) is 31.1 Å². The highest BCUT2D eigenvalue weighted by molar-refractivity contribution is 5.86. The highest BCUT2D eigenvalue weighted by atomic mass is 19.4. The number of urea groups is 1. The Balaban J connectivity index is 0.000000473. The maximum atomic E-state index is 11.1. The van der Waals surface area contributed by atoms with E-state index in [0.29, 0.717) is 6.54 Å². The number of imidazole rings is 1. The lowest BCUT2D eigenvalue weighted by atomic mass is 10.1. The van der Waals surface area contributed by atoms with Crippen molar-refractivity contribution in [3.8, 4) is 11.3 Å². The highest BCUT2D eigenvalue weighted by Crippen LogP contribution is 2.23. The van der Waals surface area contributed by atoms with Crippen LogP contribution in [0.3, 0.4) is 0 Å². The number of halogens is 6. The van der Waals surface area contributed by atoms with E-state index in [-0.39, 0.29) is 12.1 Å². The van der Waals surface area contributed by atoms with E-state index in [9.17, 15) is 31.1 Å². The Hall–Kier alpha value is -4.34. The largest absolute Gasteiger partial charge is 0.542 e. The Labute approximate surface area is 223 Å². The molecule has 0 aliphatic carbocycles. The number of rotatable bonds is 7. The van der Waals surface area contributed by atoms with E-state index in [2.05, 4.69) is 68.8 Å². The van der Waals surface area contributed by atoms with Crippen LogP contribution >= 0.6 is 0 Å². The molecular weight excluding hydrogens is 552 g/mol. The number of unbranched alkanes of at least 4 members (excludes halogenated alkanes) is 1. The molecular formula is C24H27F6N5O5. The van der Waals surface area contributed by atoms with Gasteiger partial charge in [0.1, 0.15) is 18.1 Å². The molecule has 10 nitrogen and oxygen atoms in total. The highest BCUT2D eigenvalue weighted by Gasteiger charge is 2.29. The van der Waals surface area contributed by atoms with E-state index < -0.39 is 24.3 Å². The second-order valence-corrected chi connectivity index (χ2v) is 8.07. The van der Waals surface area contributed by atoms with Crippen LogP contribution in [-0.4, -0.2) is 48.9 Å². The van der Waals surface area contributed by atoms with Gasteiger partial charge in [-0.2, -0.15) is 26.3 Å². The van der Waals surface area contributed by atoms with E-state index in [1.807, 2.05) is 6.20 Å². The molecule has 220 valence electrons. The van der Waals surface area contributed by atoms with Gasteiger partial charge in [-0.3, -0.25) is 0 Å². The fourth-order valence-electron chi connectivity index (χ4n) is 3.05. The molecule has 2 amide bonds. The molecule has 16 heteroatoms. The van der Waals surface area contributed by atoms with Gasteiger partial charge in [-0.15, -0.1) is 0 Å². The van der Waals surface area contributed by atoms with Crippen LogP contribution in [0.2, 0.25) is 0 Å². The summed E-state index contributed by atoms with van der Waals surface area (Å²) in [5.41, 5.74) is 6.48. The first-order chi connectivity index (χ1) is 18.6. The van der Waals surface area contributed by atoms with E-state index >= 15 is 0 Å². The topological polar surface area (TPSA) is 179 Å². The summed E-state index contributed by atoms with van der Waals surface area (Å²) < 4.78 is 63.1.